The zero-order chi connectivity index (χ0) is 24.9. The summed E-state index contributed by atoms with van der Waals surface area (Å²) in [5, 5.41) is 4.99. The highest BCUT2D eigenvalue weighted by Crippen LogP contribution is 2.25. The Bertz CT molecular complexity index is 1290. The van der Waals surface area contributed by atoms with Crippen LogP contribution in [-0.4, -0.2) is 26.0 Å². The van der Waals surface area contributed by atoms with E-state index >= 15 is 0 Å². The summed E-state index contributed by atoms with van der Waals surface area (Å²) in [6, 6.07) is 17.1. The number of sulfonamides is 1. The first-order valence-electron chi connectivity index (χ1n) is 10.2. The minimum absolute atomic E-state index is 0.0123. The number of hydrogen-bond donors (Lipinski definition) is 3. The Labute approximate surface area is 197 Å². The summed E-state index contributed by atoms with van der Waals surface area (Å²) in [6.45, 7) is 5.08. The Morgan fingerprint density at radius 3 is 2.12 bits per heavy atom. The van der Waals surface area contributed by atoms with E-state index in [1.807, 2.05) is 0 Å². The normalized spacial score (nSPS) is 11.4. The summed E-state index contributed by atoms with van der Waals surface area (Å²) in [6.07, 6.45) is -0.768. The van der Waals surface area contributed by atoms with Gasteiger partial charge >= 0.3 is 6.09 Å². The number of carbonyl (C=O) groups is 2. The van der Waals surface area contributed by atoms with E-state index in [4.69, 9.17) is 4.74 Å². The van der Waals surface area contributed by atoms with Gasteiger partial charge in [-0.05, 0) is 75.4 Å². The van der Waals surface area contributed by atoms with Crippen LogP contribution in [0.3, 0.4) is 0 Å². The number of benzene rings is 3. The fourth-order valence-electron chi connectivity index (χ4n) is 2.84. The number of amides is 2. The Balaban J connectivity index is 1.75. The van der Waals surface area contributed by atoms with Gasteiger partial charge in [0.05, 0.1) is 16.3 Å². The van der Waals surface area contributed by atoms with E-state index in [1.165, 1.54) is 30.3 Å². The summed E-state index contributed by atoms with van der Waals surface area (Å²) in [5.74, 6) is -1.25. The van der Waals surface area contributed by atoms with E-state index in [2.05, 4.69) is 15.4 Å². The van der Waals surface area contributed by atoms with E-state index in [0.717, 1.165) is 12.1 Å². The predicted molar refractivity (Wildman–Crippen MR) is 128 cm³/mol. The Morgan fingerprint density at radius 2 is 1.50 bits per heavy atom. The van der Waals surface area contributed by atoms with Crippen LogP contribution < -0.4 is 15.4 Å². The molecule has 3 aromatic rings. The van der Waals surface area contributed by atoms with Crippen LogP contribution in [0.1, 0.15) is 31.1 Å². The van der Waals surface area contributed by atoms with Crippen molar-refractivity contribution in [2.45, 2.75) is 31.3 Å². The van der Waals surface area contributed by atoms with Crippen molar-refractivity contribution in [2.75, 3.05) is 15.4 Å². The molecule has 0 aliphatic carbocycles. The smallest absolute Gasteiger partial charge is 0.412 e. The van der Waals surface area contributed by atoms with Crippen LogP contribution in [0.5, 0.6) is 0 Å². The van der Waals surface area contributed by atoms with Crippen LogP contribution in [-0.2, 0) is 14.8 Å². The molecular weight excluding hydrogens is 461 g/mol. The lowest BCUT2D eigenvalue weighted by Gasteiger charge is -2.20. The number of carbonyl (C=O) groups excluding carboxylic acids is 2. The summed E-state index contributed by atoms with van der Waals surface area (Å²) < 4.78 is 46.5. The minimum Gasteiger partial charge on any atom is -0.444 e. The fraction of sp³-hybridized carbons (Fsp3) is 0.167. The highest BCUT2D eigenvalue weighted by Gasteiger charge is 2.19. The topological polar surface area (TPSA) is 114 Å². The van der Waals surface area contributed by atoms with Crippen LogP contribution in [0.25, 0.3) is 0 Å². The third-order valence-corrected chi connectivity index (χ3v) is 5.72. The number of halogens is 1. The predicted octanol–water partition coefficient (Wildman–Crippen LogP) is 5.23. The highest BCUT2D eigenvalue weighted by molar-refractivity contribution is 7.92. The quantitative estimate of drug-likeness (QED) is 0.443. The van der Waals surface area contributed by atoms with E-state index in [1.54, 1.807) is 51.1 Å². The van der Waals surface area contributed by atoms with Crippen molar-refractivity contribution in [3.63, 3.8) is 0 Å². The Kier molecular flexibility index (Phi) is 7.21. The zero-order valence-electron chi connectivity index (χ0n) is 18.8. The third-order valence-electron chi connectivity index (χ3n) is 4.32. The van der Waals surface area contributed by atoms with Gasteiger partial charge in [-0.25, -0.2) is 17.6 Å². The Hall–Kier alpha value is -3.92. The van der Waals surface area contributed by atoms with Gasteiger partial charge in [0, 0.05) is 11.3 Å². The maximum absolute atomic E-state index is 13.8. The fourth-order valence-corrected chi connectivity index (χ4v) is 3.90. The number of para-hydroxylation sites is 1. The molecule has 0 spiro atoms. The Morgan fingerprint density at radius 1 is 0.853 bits per heavy atom. The molecule has 0 bridgehead atoms. The molecule has 3 rings (SSSR count). The van der Waals surface area contributed by atoms with Gasteiger partial charge in [0.1, 0.15) is 11.4 Å². The molecule has 0 unspecified atom stereocenters. The largest absolute Gasteiger partial charge is 0.444 e. The SMILES string of the molecule is CC(C)(C)OC(=O)Nc1ccc(F)cc1NC(=O)c1ccc(S(=O)(=O)Nc2ccccc2)cc1. The van der Waals surface area contributed by atoms with Crippen LogP contribution in [0.4, 0.5) is 26.2 Å². The molecule has 0 heterocycles. The van der Waals surface area contributed by atoms with Gasteiger partial charge < -0.3 is 10.1 Å². The molecule has 2 amide bonds. The monoisotopic (exact) mass is 485 g/mol. The van der Waals surface area contributed by atoms with Gasteiger partial charge in [0.15, 0.2) is 0 Å². The molecule has 0 atom stereocenters. The second-order valence-corrected chi connectivity index (χ2v) is 9.95. The van der Waals surface area contributed by atoms with Crippen molar-refractivity contribution in [3.05, 3.63) is 84.2 Å². The molecule has 10 heteroatoms. The van der Waals surface area contributed by atoms with Crippen LogP contribution in [0.15, 0.2) is 77.7 Å². The van der Waals surface area contributed by atoms with E-state index in [-0.39, 0.29) is 21.8 Å². The first-order chi connectivity index (χ1) is 15.9. The van der Waals surface area contributed by atoms with E-state index < -0.39 is 33.4 Å². The lowest BCUT2D eigenvalue weighted by Crippen LogP contribution is -2.27. The van der Waals surface area contributed by atoms with Gasteiger partial charge in [0.25, 0.3) is 15.9 Å². The molecule has 178 valence electrons. The lowest BCUT2D eigenvalue weighted by atomic mass is 10.2. The van der Waals surface area contributed by atoms with Gasteiger partial charge in [-0.1, -0.05) is 18.2 Å². The average Bonchev–Trinajstić information content (AvgIpc) is 2.75. The summed E-state index contributed by atoms with van der Waals surface area (Å²) in [5.41, 5.74) is -0.0644. The van der Waals surface area contributed by atoms with Crippen LogP contribution in [0, 0.1) is 5.82 Å². The molecule has 0 fully saturated rings. The average molecular weight is 486 g/mol. The first kappa shape index (κ1) is 24.7. The molecule has 0 radical (unpaired) electrons. The number of anilines is 3. The minimum atomic E-state index is -3.85. The second-order valence-electron chi connectivity index (χ2n) is 8.27. The first-order valence-corrected chi connectivity index (χ1v) is 11.7. The van der Waals surface area contributed by atoms with Gasteiger partial charge in [-0.15, -0.1) is 0 Å². The van der Waals surface area contributed by atoms with Crippen molar-refractivity contribution in [1.82, 2.24) is 0 Å². The van der Waals surface area contributed by atoms with Crippen molar-refractivity contribution in [2.24, 2.45) is 0 Å². The third kappa shape index (κ3) is 6.79. The maximum atomic E-state index is 13.8. The van der Waals surface area contributed by atoms with Crippen LogP contribution in [0.2, 0.25) is 0 Å². The maximum Gasteiger partial charge on any atom is 0.412 e. The molecule has 0 aliphatic heterocycles. The van der Waals surface area contributed by atoms with Crippen molar-refractivity contribution >= 4 is 39.1 Å². The molecule has 3 aromatic carbocycles. The number of nitrogens with one attached hydrogen (secondary N) is 3. The highest BCUT2D eigenvalue weighted by atomic mass is 32.2. The molecule has 0 saturated heterocycles. The van der Waals surface area contributed by atoms with E-state index in [9.17, 15) is 22.4 Å². The second kappa shape index (κ2) is 9.92. The van der Waals surface area contributed by atoms with E-state index in [0.29, 0.717) is 5.69 Å². The molecule has 3 N–H and O–H groups in total. The van der Waals surface area contributed by atoms with Crippen molar-refractivity contribution in [3.8, 4) is 0 Å². The van der Waals surface area contributed by atoms with Crippen LogP contribution >= 0.6 is 0 Å². The van der Waals surface area contributed by atoms with Crippen molar-refractivity contribution < 1.29 is 27.1 Å². The molecule has 8 nitrogen and oxygen atoms in total. The summed E-state index contributed by atoms with van der Waals surface area (Å²) in [4.78, 5) is 24.7. The molecular formula is C24H24FN3O5S. The number of rotatable bonds is 6. The van der Waals surface area contributed by atoms with Crippen molar-refractivity contribution in [1.29, 1.82) is 0 Å². The number of ether oxygens (including phenoxy) is 1. The standard InChI is InChI=1S/C24H24FN3O5S/c1-24(2,3)33-23(30)27-20-14-11-17(25)15-21(20)26-22(29)16-9-12-19(13-10-16)34(31,32)28-18-7-5-4-6-8-18/h4-15,28H,1-3H3,(H,26,29)(H,27,30). The zero-order valence-corrected chi connectivity index (χ0v) is 19.6. The lowest BCUT2D eigenvalue weighted by molar-refractivity contribution is 0.0635. The molecule has 0 saturated carbocycles. The van der Waals surface area contributed by atoms with Gasteiger partial charge in [-0.2, -0.15) is 0 Å². The van der Waals surface area contributed by atoms with Gasteiger partial charge in [0.2, 0.25) is 0 Å². The van der Waals surface area contributed by atoms with Gasteiger partial charge in [-0.3, -0.25) is 14.8 Å². The summed E-state index contributed by atoms with van der Waals surface area (Å²) in [7, 11) is -3.85. The number of hydrogen-bond acceptors (Lipinski definition) is 5. The summed E-state index contributed by atoms with van der Waals surface area (Å²) >= 11 is 0. The molecule has 0 aromatic heterocycles. The molecule has 34 heavy (non-hydrogen) atoms. The molecule has 0 aliphatic rings.